The number of rotatable bonds is 7. The summed E-state index contributed by atoms with van der Waals surface area (Å²) in [4.78, 5) is 14.5. The summed E-state index contributed by atoms with van der Waals surface area (Å²) in [5, 5.41) is 6.59. The fraction of sp³-hybridized carbons (Fsp3) is 0.333. The van der Waals surface area contributed by atoms with Crippen LogP contribution in [0.1, 0.15) is 30.2 Å². The number of likely N-dealkylation sites (tertiary alicyclic amines) is 1. The zero-order valence-electron chi connectivity index (χ0n) is 19.9. The van der Waals surface area contributed by atoms with E-state index < -0.39 is 0 Å². The number of methoxy groups -OCH3 is 1. The lowest BCUT2D eigenvalue weighted by Gasteiger charge is -2.33. The van der Waals surface area contributed by atoms with Crippen molar-refractivity contribution < 1.29 is 18.8 Å². The topological polar surface area (TPSA) is 76.8 Å². The maximum absolute atomic E-state index is 12.6. The lowest BCUT2D eigenvalue weighted by atomic mass is 9.91. The molecule has 2 heterocycles. The Kier molecular flexibility index (Phi) is 7.52. The molecule has 1 saturated heterocycles. The van der Waals surface area contributed by atoms with Crippen molar-refractivity contribution in [3.05, 3.63) is 77.2 Å². The third kappa shape index (κ3) is 5.98. The molecule has 1 aliphatic rings. The first-order valence-electron chi connectivity index (χ1n) is 11.6. The standard InChI is InChI=1S/C27H31N3O4/c1-19-18-30(27(31)29-26-17-28-34-20(26)2)12-10-23(19)14-22-7-5-9-25(16-22)33-13-11-21-6-4-8-24(15-21)32-3/h4-9,14-17,19H,10-13,18H2,1-3H3,(H,29,31)/b23-14+. The number of carbonyl (C=O) groups excluding carboxylic acids is 1. The number of ether oxygens (including phenoxy) is 2. The number of aryl methyl sites for hydroxylation is 1. The first kappa shape index (κ1) is 23.4. The Balaban J connectivity index is 1.32. The number of urea groups is 1. The predicted molar refractivity (Wildman–Crippen MR) is 132 cm³/mol. The van der Waals surface area contributed by atoms with E-state index in [-0.39, 0.29) is 11.9 Å². The second-order valence-electron chi connectivity index (χ2n) is 8.56. The Bertz CT molecular complexity index is 1150. The van der Waals surface area contributed by atoms with Crippen LogP contribution in [0.25, 0.3) is 6.08 Å². The molecular weight excluding hydrogens is 430 g/mol. The van der Waals surface area contributed by atoms with Crippen molar-refractivity contribution in [2.45, 2.75) is 26.7 Å². The molecule has 7 nitrogen and oxygen atoms in total. The number of carbonyl (C=O) groups is 1. The van der Waals surface area contributed by atoms with Gasteiger partial charge in [-0.05, 0) is 54.7 Å². The van der Waals surface area contributed by atoms with Crippen LogP contribution in [0.4, 0.5) is 10.5 Å². The van der Waals surface area contributed by atoms with Crippen LogP contribution in [-0.4, -0.2) is 42.9 Å². The third-order valence-electron chi connectivity index (χ3n) is 6.08. The Morgan fingerprint density at radius 2 is 2.06 bits per heavy atom. The summed E-state index contributed by atoms with van der Waals surface area (Å²) in [6, 6.07) is 16.1. The first-order valence-corrected chi connectivity index (χ1v) is 11.6. The van der Waals surface area contributed by atoms with Crippen molar-refractivity contribution in [2.24, 2.45) is 5.92 Å². The van der Waals surface area contributed by atoms with Crippen LogP contribution in [-0.2, 0) is 6.42 Å². The minimum atomic E-state index is -0.122. The van der Waals surface area contributed by atoms with E-state index in [1.54, 1.807) is 14.0 Å². The third-order valence-corrected chi connectivity index (χ3v) is 6.08. The quantitative estimate of drug-likeness (QED) is 0.498. The van der Waals surface area contributed by atoms with Crippen molar-refractivity contribution >= 4 is 17.8 Å². The normalized spacial score (nSPS) is 17.0. The van der Waals surface area contributed by atoms with E-state index in [2.05, 4.69) is 41.7 Å². The van der Waals surface area contributed by atoms with Crippen LogP contribution in [0, 0.1) is 12.8 Å². The molecule has 34 heavy (non-hydrogen) atoms. The summed E-state index contributed by atoms with van der Waals surface area (Å²) in [7, 11) is 1.68. The molecule has 0 saturated carbocycles. The van der Waals surface area contributed by atoms with Gasteiger partial charge in [0.2, 0.25) is 0 Å². The van der Waals surface area contributed by atoms with Gasteiger partial charge in [0.1, 0.15) is 17.2 Å². The van der Waals surface area contributed by atoms with E-state index in [4.69, 9.17) is 14.0 Å². The number of amides is 2. The maximum Gasteiger partial charge on any atom is 0.322 e. The van der Waals surface area contributed by atoms with Crippen molar-refractivity contribution in [3.8, 4) is 11.5 Å². The summed E-state index contributed by atoms with van der Waals surface area (Å²) in [6.07, 6.45) is 5.39. The van der Waals surface area contributed by atoms with Crippen LogP contribution in [0.5, 0.6) is 11.5 Å². The molecule has 178 valence electrons. The number of benzene rings is 2. The lowest BCUT2D eigenvalue weighted by molar-refractivity contribution is 0.197. The molecule has 2 aromatic carbocycles. The second-order valence-corrected chi connectivity index (χ2v) is 8.56. The minimum absolute atomic E-state index is 0.122. The summed E-state index contributed by atoms with van der Waals surface area (Å²) < 4.78 is 16.3. The van der Waals surface area contributed by atoms with Crippen LogP contribution < -0.4 is 14.8 Å². The van der Waals surface area contributed by atoms with Crippen molar-refractivity contribution in [1.82, 2.24) is 10.1 Å². The number of aromatic nitrogens is 1. The van der Waals surface area contributed by atoms with Crippen LogP contribution in [0.3, 0.4) is 0 Å². The van der Waals surface area contributed by atoms with Gasteiger partial charge >= 0.3 is 6.03 Å². The van der Waals surface area contributed by atoms with E-state index in [1.165, 1.54) is 17.3 Å². The smallest absolute Gasteiger partial charge is 0.322 e. The van der Waals surface area contributed by atoms with E-state index >= 15 is 0 Å². The largest absolute Gasteiger partial charge is 0.497 e. The minimum Gasteiger partial charge on any atom is -0.497 e. The number of hydrogen-bond acceptors (Lipinski definition) is 5. The monoisotopic (exact) mass is 461 g/mol. The number of nitrogens with zero attached hydrogens (tertiary/aromatic N) is 2. The molecule has 1 atom stereocenters. The van der Waals surface area contributed by atoms with Gasteiger partial charge in [0.15, 0.2) is 5.76 Å². The second kappa shape index (κ2) is 10.9. The van der Waals surface area contributed by atoms with Gasteiger partial charge in [0, 0.05) is 19.5 Å². The van der Waals surface area contributed by atoms with Gasteiger partial charge in [-0.25, -0.2) is 4.79 Å². The van der Waals surface area contributed by atoms with Gasteiger partial charge < -0.3 is 24.2 Å². The molecule has 2 amide bonds. The Morgan fingerprint density at radius 3 is 2.82 bits per heavy atom. The highest BCUT2D eigenvalue weighted by Crippen LogP contribution is 2.27. The van der Waals surface area contributed by atoms with E-state index in [9.17, 15) is 4.79 Å². The zero-order valence-corrected chi connectivity index (χ0v) is 19.9. The molecule has 0 radical (unpaired) electrons. The van der Waals surface area contributed by atoms with Crippen molar-refractivity contribution in [3.63, 3.8) is 0 Å². The van der Waals surface area contributed by atoms with Gasteiger partial charge in [0.25, 0.3) is 0 Å². The van der Waals surface area contributed by atoms with E-state index in [0.717, 1.165) is 29.9 Å². The molecule has 1 N–H and O–H groups in total. The Hall–Kier alpha value is -3.74. The van der Waals surface area contributed by atoms with E-state index in [1.807, 2.05) is 35.2 Å². The molecule has 0 bridgehead atoms. The van der Waals surface area contributed by atoms with Crippen LogP contribution in [0.2, 0.25) is 0 Å². The van der Waals surface area contributed by atoms with E-state index in [0.29, 0.717) is 31.1 Å². The molecule has 3 aromatic rings. The molecule has 1 fully saturated rings. The summed E-state index contributed by atoms with van der Waals surface area (Å²) >= 11 is 0. The number of nitrogens with one attached hydrogen (secondary N) is 1. The van der Waals surface area contributed by atoms with Crippen molar-refractivity contribution in [2.75, 3.05) is 32.1 Å². The van der Waals surface area contributed by atoms with Gasteiger partial charge in [0.05, 0.1) is 19.9 Å². The predicted octanol–water partition coefficient (Wildman–Crippen LogP) is 5.57. The van der Waals surface area contributed by atoms with Crippen molar-refractivity contribution in [1.29, 1.82) is 0 Å². The average Bonchev–Trinajstić information content (AvgIpc) is 3.25. The zero-order chi connectivity index (χ0) is 23.9. The Labute approximate surface area is 200 Å². The highest BCUT2D eigenvalue weighted by molar-refractivity contribution is 5.89. The van der Waals surface area contributed by atoms with Crippen LogP contribution in [0.15, 0.2) is 64.8 Å². The molecule has 4 rings (SSSR count). The molecule has 0 spiro atoms. The first-order chi connectivity index (χ1) is 16.5. The molecule has 0 aliphatic carbocycles. The maximum atomic E-state index is 12.6. The number of piperidine rings is 1. The van der Waals surface area contributed by atoms with Crippen LogP contribution >= 0.6 is 0 Å². The highest BCUT2D eigenvalue weighted by atomic mass is 16.5. The fourth-order valence-electron chi connectivity index (χ4n) is 4.08. The molecule has 1 aromatic heterocycles. The molecular formula is C27H31N3O4. The lowest BCUT2D eigenvalue weighted by Crippen LogP contribution is -2.42. The molecule has 1 unspecified atom stereocenters. The fourth-order valence-corrected chi connectivity index (χ4v) is 4.08. The summed E-state index contributed by atoms with van der Waals surface area (Å²) in [5.41, 5.74) is 4.24. The van der Waals surface area contributed by atoms with Gasteiger partial charge in [-0.3, -0.25) is 0 Å². The highest BCUT2D eigenvalue weighted by Gasteiger charge is 2.25. The van der Waals surface area contributed by atoms with Gasteiger partial charge in [-0.1, -0.05) is 48.0 Å². The molecule has 1 aliphatic heterocycles. The summed E-state index contributed by atoms with van der Waals surface area (Å²) in [5.74, 6) is 2.58. The van der Waals surface area contributed by atoms with Gasteiger partial charge in [-0.2, -0.15) is 0 Å². The Morgan fingerprint density at radius 1 is 1.24 bits per heavy atom. The molecule has 7 heteroatoms. The summed E-state index contributed by atoms with van der Waals surface area (Å²) in [6.45, 7) is 5.87. The van der Waals surface area contributed by atoms with Gasteiger partial charge in [-0.15, -0.1) is 0 Å². The SMILES string of the molecule is COc1cccc(CCOc2cccc(/C=C3\CCN(C(=O)Nc4cnoc4C)CC3C)c2)c1. The number of anilines is 1. The number of hydrogen-bond donors (Lipinski definition) is 1. The average molecular weight is 462 g/mol.